The molecule has 0 spiro atoms. The van der Waals surface area contributed by atoms with Crippen LogP contribution in [-0.4, -0.2) is 16.1 Å². The third-order valence-electron chi connectivity index (χ3n) is 13.7. The molecule has 0 aromatic heterocycles. The van der Waals surface area contributed by atoms with E-state index in [0.29, 0.717) is 34.3 Å². The lowest BCUT2D eigenvalue weighted by molar-refractivity contribution is 0.623. The number of benzene rings is 8. The summed E-state index contributed by atoms with van der Waals surface area (Å²) in [7, 11) is -6.81. The average Bonchev–Trinajstić information content (AvgIpc) is 3.78. The molecule has 0 saturated heterocycles. The van der Waals surface area contributed by atoms with Crippen LogP contribution in [0.4, 0.5) is 17.6 Å². The van der Waals surface area contributed by atoms with E-state index in [1.165, 1.54) is 24.3 Å². The van der Waals surface area contributed by atoms with Gasteiger partial charge in [0.15, 0.2) is 0 Å². The number of halogens is 4. The smallest absolute Gasteiger partial charge is 0.130 e. The summed E-state index contributed by atoms with van der Waals surface area (Å²) < 4.78 is 67.9. The lowest BCUT2D eigenvalue weighted by Crippen LogP contribution is -2.40. The van der Waals surface area contributed by atoms with Crippen LogP contribution in [0.1, 0.15) is 44.5 Å². The Morgan fingerprint density at radius 3 is 0.636 bits per heavy atom. The molecule has 8 aromatic rings. The van der Waals surface area contributed by atoms with Crippen molar-refractivity contribution in [1.82, 2.24) is 0 Å². The van der Waals surface area contributed by atoms with Gasteiger partial charge < -0.3 is 0 Å². The van der Waals surface area contributed by atoms with E-state index in [1.807, 2.05) is 121 Å². The molecular weight excluding hydrogens is 853 g/mol. The highest BCUT2D eigenvalue weighted by atomic mass is 28.3. The fourth-order valence-electron chi connectivity index (χ4n) is 10.8. The molecule has 0 radical (unpaired) electrons. The standard InChI is InChI=1S/C60H46F4Si2/c1-65(57(45-31-15-19-35-49(45)61)53(41-23-7-3-8-24-41)54(42-25-9-4-10-26-42)58(65)46-32-16-20-36-50(46)62)39-40-66(2)59(47-33-17-21-37-51(47)63)55(43-27-11-5-12-28-43)56(44-29-13-6-14-30-44)60(66)48-34-18-22-38-52(48)64/h3-38H,39-40H2,1-2H3. The topological polar surface area (TPSA) is 0 Å². The van der Waals surface area contributed by atoms with E-state index in [1.54, 1.807) is 24.3 Å². The highest BCUT2D eigenvalue weighted by Gasteiger charge is 2.53. The van der Waals surface area contributed by atoms with Gasteiger partial charge in [-0.2, -0.15) is 0 Å². The molecule has 0 nitrogen and oxygen atoms in total. The number of rotatable bonds is 11. The number of hydrogen-bond donors (Lipinski definition) is 0. The van der Waals surface area contributed by atoms with Crippen molar-refractivity contribution in [3.63, 3.8) is 0 Å². The van der Waals surface area contributed by atoms with E-state index < -0.39 is 16.1 Å². The van der Waals surface area contributed by atoms with Crippen molar-refractivity contribution in [3.8, 4) is 0 Å². The first-order valence-corrected chi connectivity index (χ1v) is 27.8. The minimum atomic E-state index is -3.41. The summed E-state index contributed by atoms with van der Waals surface area (Å²) in [6.07, 6.45) is 0. The van der Waals surface area contributed by atoms with Crippen molar-refractivity contribution in [1.29, 1.82) is 0 Å². The molecule has 322 valence electrons. The molecule has 66 heavy (non-hydrogen) atoms. The molecular formula is C60H46F4Si2. The molecule has 2 heterocycles. The van der Waals surface area contributed by atoms with Crippen molar-refractivity contribution in [2.75, 3.05) is 0 Å². The Labute approximate surface area is 386 Å². The zero-order chi connectivity index (χ0) is 45.4. The van der Waals surface area contributed by atoms with Crippen LogP contribution < -0.4 is 0 Å². The van der Waals surface area contributed by atoms with Crippen LogP contribution in [0, 0.1) is 23.3 Å². The Morgan fingerprint density at radius 1 is 0.258 bits per heavy atom. The van der Waals surface area contributed by atoms with Gasteiger partial charge in [-0.15, -0.1) is 0 Å². The second-order valence-electron chi connectivity index (χ2n) is 17.5. The van der Waals surface area contributed by atoms with E-state index in [-0.39, 0.29) is 23.3 Å². The summed E-state index contributed by atoms with van der Waals surface area (Å²) >= 11 is 0. The van der Waals surface area contributed by atoms with Gasteiger partial charge in [0.25, 0.3) is 0 Å². The molecule has 6 heteroatoms. The molecule has 0 N–H and O–H groups in total. The molecule has 2 aliphatic heterocycles. The van der Waals surface area contributed by atoms with Gasteiger partial charge >= 0.3 is 0 Å². The first-order valence-electron chi connectivity index (χ1n) is 22.4. The van der Waals surface area contributed by atoms with Crippen LogP contribution >= 0.6 is 0 Å². The van der Waals surface area contributed by atoms with Crippen LogP contribution in [0.25, 0.3) is 43.1 Å². The predicted octanol–water partition coefficient (Wildman–Crippen LogP) is 16.3. The average molecular weight is 899 g/mol. The Morgan fingerprint density at radius 2 is 0.439 bits per heavy atom. The zero-order valence-electron chi connectivity index (χ0n) is 36.7. The van der Waals surface area contributed by atoms with E-state index >= 15 is 17.6 Å². The van der Waals surface area contributed by atoms with Crippen molar-refractivity contribution < 1.29 is 17.6 Å². The fraction of sp³-hybridized carbons (Fsp3) is 0.0667. The van der Waals surface area contributed by atoms with Gasteiger partial charge in [-0.05, 0) is 89.6 Å². The first kappa shape index (κ1) is 42.8. The first-order chi connectivity index (χ1) is 32.2. The van der Waals surface area contributed by atoms with Crippen molar-refractivity contribution in [2.45, 2.75) is 25.2 Å². The number of hydrogen-bond acceptors (Lipinski definition) is 0. The fourth-order valence-corrected chi connectivity index (χ4v) is 22.8. The van der Waals surface area contributed by atoms with E-state index in [2.05, 4.69) is 61.6 Å². The highest BCUT2D eigenvalue weighted by molar-refractivity contribution is 7.17. The van der Waals surface area contributed by atoms with Gasteiger partial charge in [0.05, 0.1) is 0 Å². The molecule has 8 aromatic carbocycles. The van der Waals surface area contributed by atoms with Crippen LogP contribution in [-0.2, 0) is 0 Å². The van der Waals surface area contributed by atoms with Gasteiger partial charge in [-0.3, -0.25) is 0 Å². The molecule has 0 aliphatic carbocycles. The normalized spacial score (nSPS) is 15.5. The van der Waals surface area contributed by atoms with Gasteiger partial charge in [0.2, 0.25) is 0 Å². The molecule has 0 fully saturated rings. The monoisotopic (exact) mass is 898 g/mol. The van der Waals surface area contributed by atoms with E-state index in [0.717, 1.165) is 65.3 Å². The third-order valence-corrected chi connectivity index (χ3v) is 23.1. The SMILES string of the molecule is C[Si]1(CC[Si]2(C)C(c3ccccc3F)=C(c3ccccc3)C(c3ccccc3)=C2c2ccccc2F)C(c2ccccc2F)=C(c2ccccc2)C(c2ccccc2)=C1c1ccccc1F. The minimum Gasteiger partial charge on any atom is -0.206 e. The Bertz CT molecular complexity index is 2810. The van der Waals surface area contributed by atoms with Gasteiger partial charge in [0.1, 0.15) is 39.4 Å². The van der Waals surface area contributed by atoms with Crippen LogP contribution in [0.2, 0.25) is 25.2 Å². The maximum Gasteiger partial charge on any atom is 0.130 e. The van der Waals surface area contributed by atoms with Gasteiger partial charge in [-0.1, -0.05) is 219 Å². The Balaban J connectivity index is 1.33. The summed E-state index contributed by atoms with van der Waals surface area (Å²) in [5.74, 6) is -1.43. The van der Waals surface area contributed by atoms with Crippen LogP contribution in [0.5, 0.6) is 0 Å². The molecule has 0 bridgehead atoms. The van der Waals surface area contributed by atoms with Gasteiger partial charge in [0, 0.05) is 22.3 Å². The Kier molecular flexibility index (Phi) is 11.5. The zero-order valence-corrected chi connectivity index (χ0v) is 38.7. The lowest BCUT2D eigenvalue weighted by Gasteiger charge is -2.37. The maximum absolute atomic E-state index is 17.0. The third kappa shape index (κ3) is 7.31. The number of allylic oxidation sites excluding steroid dienone is 4. The summed E-state index contributed by atoms with van der Waals surface area (Å²) in [5.41, 5.74) is 9.04. The van der Waals surface area contributed by atoms with Crippen LogP contribution in [0.15, 0.2) is 218 Å². The largest absolute Gasteiger partial charge is 0.206 e. The lowest BCUT2D eigenvalue weighted by atomic mass is 9.89. The van der Waals surface area contributed by atoms with Crippen molar-refractivity contribution in [2.24, 2.45) is 0 Å². The summed E-state index contributed by atoms with van der Waals surface area (Å²) in [4.78, 5) is 0. The molecule has 10 rings (SSSR count). The van der Waals surface area contributed by atoms with Crippen molar-refractivity contribution in [3.05, 3.63) is 286 Å². The molecule has 2 aliphatic rings. The second-order valence-corrected chi connectivity index (χ2v) is 25.9. The van der Waals surface area contributed by atoms with E-state index in [4.69, 9.17) is 0 Å². The summed E-state index contributed by atoms with van der Waals surface area (Å²) in [6.45, 7) is 4.52. The minimum absolute atomic E-state index is 0.359. The summed E-state index contributed by atoms with van der Waals surface area (Å²) in [6, 6.07) is 69.0. The quantitative estimate of drug-likeness (QED) is 0.0896. The molecule has 0 amide bonds. The summed E-state index contributed by atoms with van der Waals surface area (Å²) in [5, 5.41) is 3.50. The van der Waals surface area contributed by atoms with Crippen molar-refractivity contribution >= 4 is 59.2 Å². The molecule has 0 atom stereocenters. The second kappa shape index (κ2) is 17.7. The van der Waals surface area contributed by atoms with Gasteiger partial charge in [-0.25, -0.2) is 17.6 Å². The molecule has 0 unspecified atom stereocenters. The Hall–Kier alpha value is -7.13. The predicted molar refractivity (Wildman–Crippen MR) is 271 cm³/mol. The highest BCUT2D eigenvalue weighted by Crippen LogP contribution is 2.62. The van der Waals surface area contributed by atoms with E-state index in [9.17, 15) is 0 Å². The maximum atomic E-state index is 17.0. The van der Waals surface area contributed by atoms with Crippen LogP contribution in [0.3, 0.4) is 0 Å². The molecule has 0 saturated carbocycles.